The van der Waals surface area contributed by atoms with Gasteiger partial charge in [-0.2, -0.15) is 0 Å². The van der Waals surface area contributed by atoms with Gasteiger partial charge in [0, 0.05) is 11.6 Å². The quantitative estimate of drug-likeness (QED) is 0.895. The average molecular weight is 293 g/mol. The van der Waals surface area contributed by atoms with Gasteiger partial charge in [0.2, 0.25) is 5.91 Å². The van der Waals surface area contributed by atoms with Crippen LogP contribution in [0.15, 0.2) is 18.2 Å². The predicted molar refractivity (Wildman–Crippen MR) is 77.5 cm³/mol. The summed E-state index contributed by atoms with van der Waals surface area (Å²) in [7, 11) is 0. The molecule has 1 aliphatic carbocycles. The van der Waals surface area contributed by atoms with E-state index in [2.05, 4.69) is 5.32 Å². The van der Waals surface area contributed by atoms with Crippen LogP contribution >= 0.6 is 0 Å². The maximum atomic E-state index is 13.7. The summed E-state index contributed by atoms with van der Waals surface area (Å²) in [6, 6.07) is 4.65. The van der Waals surface area contributed by atoms with E-state index in [9.17, 15) is 14.0 Å². The van der Waals surface area contributed by atoms with E-state index >= 15 is 0 Å². The Morgan fingerprint density at radius 3 is 2.67 bits per heavy atom. The molecule has 1 fully saturated rings. The fraction of sp³-hybridized carbons (Fsp3) is 0.500. The minimum absolute atomic E-state index is 0.218. The molecule has 0 saturated heterocycles. The summed E-state index contributed by atoms with van der Waals surface area (Å²) in [5.74, 6) is -2.15. The zero-order chi connectivity index (χ0) is 15.4. The van der Waals surface area contributed by atoms with Gasteiger partial charge in [0.25, 0.3) is 0 Å². The maximum absolute atomic E-state index is 13.7. The Morgan fingerprint density at radius 2 is 2.05 bits per heavy atom. The van der Waals surface area contributed by atoms with E-state index in [4.69, 9.17) is 5.11 Å². The summed E-state index contributed by atoms with van der Waals surface area (Å²) in [6.45, 7) is 1.87. The largest absolute Gasteiger partial charge is 0.481 e. The number of halogens is 1. The summed E-state index contributed by atoms with van der Waals surface area (Å²) >= 11 is 0. The zero-order valence-electron chi connectivity index (χ0n) is 12.1. The van der Waals surface area contributed by atoms with Gasteiger partial charge in [-0.3, -0.25) is 9.59 Å². The van der Waals surface area contributed by atoms with Crippen molar-refractivity contribution in [1.82, 2.24) is 0 Å². The molecular formula is C16H20FNO3. The van der Waals surface area contributed by atoms with E-state index in [0.717, 1.165) is 6.42 Å². The van der Waals surface area contributed by atoms with Gasteiger partial charge in [0.1, 0.15) is 5.82 Å². The molecule has 5 heteroatoms. The molecule has 2 atom stereocenters. The summed E-state index contributed by atoms with van der Waals surface area (Å²) in [5.41, 5.74) is 1.03. The summed E-state index contributed by atoms with van der Waals surface area (Å²) < 4.78 is 13.7. The van der Waals surface area contributed by atoms with E-state index in [1.165, 1.54) is 6.07 Å². The number of aliphatic carboxylic acids is 1. The molecule has 114 valence electrons. The Morgan fingerprint density at radius 1 is 1.33 bits per heavy atom. The van der Waals surface area contributed by atoms with E-state index in [0.29, 0.717) is 36.9 Å². The summed E-state index contributed by atoms with van der Waals surface area (Å²) in [6.07, 6.45) is 3.00. The van der Waals surface area contributed by atoms with Crippen LogP contribution in [0.2, 0.25) is 0 Å². The van der Waals surface area contributed by atoms with Crippen LogP contribution in [0.5, 0.6) is 0 Å². The second-order valence-corrected chi connectivity index (χ2v) is 5.55. The minimum atomic E-state index is -0.842. The molecule has 0 spiro atoms. The van der Waals surface area contributed by atoms with E-state index in [1.807, 2.05) is 6.92 Å². The first-order chi connectivity index (χ1) is 10.0. The molecule has 0 aliphatic heterocycles. The first-order valence-electron chi connectivity index (χ1n) is 7.33. The highest BCUT2D eigenvalue weighted by molar-refractivity contribution is 5.93. The van der Waals surface area contributed by atoms with Gasteiger partial charge < -0.3 is 10.4 Å². The number of aryl methyl sites for hydroxylation is 1. The summed E-state index contributed by atoms with van der Waals surface area (Å²) in [5, 5.41) is 11.7. The smallest absolute Gasteiger partial charge is 0.306 e. The normalized spacial score (nSPS) is 21.8. The first kappa shape index (κ1) is 15.5. The monoisotopic (exact) mass is 293 g/mol. The number of nitrogens with one attached hydrogen (secondary N) is 1. The topological polar surface area (TPSA) is 66.4 Å². The predicted octanol–water partition coefficient (Wildman–Crippen LogP) is 3.22. The molecule has 1 amide bonds. The fourth-order valence-corrected chi connectivity index (χ4v) is 2.81. The van der Waals surface area contributed by atoms with Gasteiger partial charge in [0.05, 0.1) is 5.92 Å². The van der Waals surface area contributed by atoms with Gasteiger partial charge in [-0.15, -0.1) is 0 Å². The number of carbonyl (C=O) groups is 2. The van der Waals surface area contributed by atoms with Crippen molar-refractivity contribution in [2.45, 2.75) is 39.0 Å². The molecule has 2 rings (SSSR count). The number of anilines is 1. The SMILES string of the molecule is CCc1ccc(NC(=O)C2CCCC(C(=O)O)C2)cc1F. The van der Waals surface area contributed by atoms with Crippen molar-refractivity contribution in [2.75, 3.05) is 5.32 Å². The molecule has 21 heavy (non-hydrogen) atoms. The van der Waals surface area contributed by atoms with Gasteiger partial charge in [-0.05, 0) is 43.4 Å². The van der Waals surface area contributed by atoms with Crippen LogP contribution in [-0.4, -0.2) is 17.0 Å². The number of rotatable bonds is 4. The minimum Gasteiger partial charge on any atom is -0.481 e. The van der Waals surface area contributed by atoms with Crippen molar-refractivity contribution >= 4 is 17.6 Å². The molecule has 4 nitrogen and oxygen atoms in total. The molecule has 0 aromatic heterocycles. The Labute approximate surface area is 123 Å². The lowest BCUT2D eigenvalue weighted by Gasteiger charge is -2.25. The van der Waals surface area contributed by atoms with Crippen molar-refractivity contribution in [2.24, 2.45) is 11.8 Å². The number of amides is 1. The van der Waals surface area contributed by atoms with Crippen LogP contribution in [0.3, 0.4) is 0 Å². The third-order valence-corrected chi connectivity index (χ3v) is 4.10. The van der Waals surface area contributed by atoms with E-state index in [1.54, 1.807) is 12.1 Å². The number of carboxylic acids is 1. The van der Waals surface area contributed by atoms with Crippen LogP contribution in [-0.2, 0) is 16.0 Å². The number of hydrogen-bond acceptors (Lipinski definition) is 2. The fourth-order valence-electron chi connectivity index (χ4n) is 2.81. The van der Waals surface area contributed by atoms with Crippen LogP contribution in [0, 0.1) is 17.7 Å². The number of benzene rings is 1. The van der Waals surface area contributed by atoms with E-state index in [-0.39, 0.29) is 17.6 Å². The lowest BCUT2D eigenvalue weighted by atomic mass is 9.81. The second-order valence-electron chi connectivity index (χ2n) is 5.55. The van der Waals surface area contributed by atoms with Gasteiger partial charge in [-0.25, -0.2) is 4.39 Å². The van der Waals surface area contributed by atoms with Gasteiger partial charge >= 0.3 is 5.97 Å². The molecule has 1 aromatic carbocycles. The highest BCUT2D eigenvalue weighted by Gasteiger charge is 2.31. The maximum Gasteiger partial charge on any atom is 0.306 e. The van der Waals surface area contributed by atoms with Gasteiger partial charge in [0.15, 0.2) is 0 Å². The van der Waals surface area contributed by atoms with Crippen LogP contribution in [0.1, 0.15) is 38.2 Å². The number of carboxylic acid groups (broad SMARTS) is 1. The van der Waals surface area contributed by atoms with Crippen molar-refractivity contribution in [3.63, 3.8) is 0 Å². The second kappa shape index (κ2) is 6.70. The molecular weight excluding hydrogens is 273 g/mol. The average Bonchev–Trinajstić information content (AvgIpc) is 2.47. The van der Waals surface area contributed by atoms with Crippen molar-refractivity contribution < 1.29 is 19.1 Å². The lowest BCUT2D eigenvalue weighted by Crippen LogP contribution is -2.30. The molecule has 0 heterocycles. The molecule has 0 bridgehead atoms. The Kier molecular flexibility index (Phi) is 4.94. The first-order valence-corrected chi connectivity index (χ1v) is 7.33. The Hall–Kier alpha value is -1.91. The van der Waals surface area contributed by atoms with Crippen LogP contribution in [0.4, 0.5) is 10.1 Å². The molecule has 1 aromatic rings. The molecule has 0 radical (unpaired) electrons. The van der Waals surface area contributed by atoms with Crippen LogP contribution < -0.4 is 5.32 Å². The molecule has 1 saturated carbocycles. The van der Waals surface area contributed by atoms with Crippen molar-refractivity contribution in [3.8, 4) is 0 Å². The molecule has 2 N–H and O–H groups in total. The highest BCUT2D eigenvalue weighted by atomic mass is 19.1. The van der Waals surface area contributed by atoms with Crippen LogP contribution in [0.25, 0.3) is 0 Å². The molecule has 2 unspecified atom stereocenters. The standard InChI is InChI=1S/C16H20FNO3/c1-2-10-6-7-13(9-14(10)17)18-15(19)11-4-3-5-12(8-11)16(20)21/h6-7,9,11-12H,2-5,8H2,1H3,(H,18,19)(H,20,21). The number of hydrogen-bond donors (Lipinski definition) is 2. The summed E-state index contributed by atoms with van der Waals surface area (Å²) in [4.78, 5) is 23.2. The van der Waals surface area contributed by atoms with Gasteiger partial charge in [-0.1, -0.05) is 19.4 Å². The highest BCUT2D eigenvalue weighted by Crippen LogP contribution is 2.30. The Bertz CT molecular complexity index is 544. The third-order valence-electron chi connectivity index (χ3n) is 4.10. The Balaban J connectivity index is 2.00. The number of carbonyl (C=O) groups excluding carboxylic acids is 1. The zero-order valence-corrected chi connectivity index (χ0v) is 12.1. The lowest BCUT2D eigenvalue weighted by molar-refractivity contribution is -0.143. The van der Waals surface area contributed by atoms with E-state index < -0.39 is 11.9 Å². The van der Waals surface area contributed by atoms with Crippen molar-refractivity contribution in [3.05, 3.63) is 29.6 Å². The van der Waals surface area contributed by atoms with Crippen molar-refractivity contribution in [1.29, 1.82) is 0 Å². The molecule has 1 aliphatic rings. The third kappa shape index (κ3) is 3.80.